The zero-order valence-corrected chi connectivity index (χ0v) is 14.6. The molecule has 0 unspecified atom stereocenters. The fourth-order valence-electron chi connectivity index (χ4n) is 3.40. The van der Waals surface area contributed by atoms with Gasteiger partial charge in [0, 0.05) is 29.7 Å². The molecule has 5 heteroatoms. The van der Waals surface area contributed by atoms with E-state index in [9.17, 15) is 9.18 Å². The lowest BCUT2D eigenvalue weighted by Crippen LogP contribution is -2.18. The minimum absolute atomic E-state index is 0.247. The number of nitrogens with zero attached hydrogens (tertiary/aromatic N) is 2. The minimum atomic E-state index is -0.427. The van der Waals surface area contributed by atoms with E-state index in [0.29, 0.717) is 22.2 Å². The Morgan fingerprint density at radius 2 is 1.88 bits per heavy atom. The van der Waals surface area contributed by atoms with Crippen molar-refractivity contribution in [1.82, 2.24) is 4.98 Å². The topological polar surface area (TPSA) is 45.2 Å². The maximum Gasteiger partial charge on any atom is 0.255 e. The van der Waals surface area contributed by atoms with Crippen LogP contribution in [-0.4, -0.2) is 24.0 Å². The van der Waals surface area contributed by atoms with Gasteiger partial charge in [-0.1, -0.05) is 18.2 Å². The van der Waals surface area contributed by atoms with Gasteiger partial charge >= 0.3 is 0 Å². The summed E-state index contributed by atoms with van der Waals surface area (Å²) < 4.78 is 14.6. The molecule has 1 saturated heterocycles. The first-order valence-corrected chi connectivity index (χ1v) is 8.84. The second-order valence-electron chi connectivity index (χ2n) is 6.66. The van der Waals surface area contributed by atoms with Gasteiger partial charge in [-0.3, -0.25) is 4.79 Å². The van der Waals surface area contributed by atoms with Gasteiger partial charge in [-0.2, -0.15) is 0 Å². The largest absolute Gasteiger partial charge is 0.357 e. The Kier molecular flexibility index (Phi) is 4.29. The van der Waals surface area contributed by atoms with E-state index in [1.807, 2.05) is 37.3 Å². The second-order valence-corrected chi connectivity index (χ2v) is 6.66. The highest BCUT2D eigenvalue weighted by Gasteiger charge is 2.16. The summed E-state index contributed by atoms with van der Waals surface area (Å²) in [5.41, 5.74) is 2.22. The van der Waals surface area contributed by atoms with Gasteiger partial charge in [-0.25, -0.2) is 9.37 Å². The van der Waals surface area contributed by atoms with E-state index in [0.717, 1.165) is 37.3 Å². The molecule has 0 aliphatic carbocycles. The predicted molar refractivity (Wildman–Crippen MR) is 102 cm³/mol. The maximum atomic E-state index is 14.6. The van der Waals surface area contributed by atoms with Gasteiger partial charge in [0.25, 0.3) is 5.91 Å². The highest BCUT2D eigenvalue weighted by atomic mass is 19.1. The molecule has 1 aliphatic rings. The van der Waals surface area contributed by atoms with Crippen molar-refractivity contribution in [3.63, 3.8) is 0 Å². The number of fused-ring (bicyclic) bond motifs is 1. The van der Waals surface area contributed by atoms with Crippen LogP contribution in [0.15, 0.2) is 48.5 Å². The SMILES string of the molecule is Cc1ccccc1C(=O)Nc1cc(F)c2nc(N3CCCC3)ccc2c1. The smallest absolute Gasteiger partial charge is 0.255 e. The number of aryl methyl sites for hydroxylation is 1. The predicted octanol–water partition coefficient (Wildman–Crippen LogP) is 4.53. The average Bonchev–Trinajstić information content (AvgIpc) is 3.16. The molecule has 4 rings (SSSR count). The van der Waals surface area contributed by atoms with E-state index in [4.69, 9.17) is 0 Å². The molecule has 132 valence electrons. The molecule has 26 heavy (non-hydrogen) atoms. The monoisotopic (exact) mass is 349 g/mol. The zero-order valence-electron chi connectivity index (χ0n) is 14.6. The zero-order chi connectivity index (χ0) is 18.1. The number of nitrogens with one attached hydrogen (secondary N) is 1. The van der Waals surface area contributed by atoms with E-state index in [-0.39, 0.29) is 5.91 Å². The van der Waals surface area contributed by atoms with Crippen molar-refractivity contribution in [2.45, 2.75) is 19.8 Å². The molecule has 2 aromatic carbocycles. The second kappa shape index (κ2) is 6.75. The van der Waals surface area contributed by atoms with Gasteiger partial charge in [0.15, 0.2) is 5.82 Å². The van der Waals surface area contributed by atoms with Gasteiger partial charge in [0.1, 0.15) is 11.3 Å². The normalized spacial score (nSPS) is 14.0. The van der Waals surface area contributed by atoms with Crippen LogP contribution in [0.5, 0.6) is 0 Å². The van der Waals surface area contributed by atoms with Crippen LogP contribution >= 0.6 is 0 Å². The number of rotatable bonds is 3. The first-order chi connectivity index (χ1) is 12.6. The third-order valence-corrected chi connectivity index (χ3v) is 4.81. The number of hydrogen-bond donors (Lipinski definition) is 1. The Morgan fingerprint density at radius 3 is 2.65 bits per heavy atom. The fraction of sp³-hybridized carbons (Fsp3) is 0.238. The van der Waals surface area contributed by atoms with E-state index in [1.54, 1.807) is 12.1 Å². The Hall–Kier alpha value is -2.95. The molecule has 0 radical (unpaired) electrons. The van der Waals surface area contributed by atoms with Crippen molar-refractivity contribution in [1.29, 1.82) is 0 Å². The van der Waals surface area contributed by atoms with Crippen LogP contribution in [0.25, 0.3) is 10.9 Å². The molecule has 0 saturated carbocycles. The fourth-order valence-corrected chi connectivity index (χ4v) is 3.40. The summed E-state index contributed by atoms with van der Waals surface area (Å²) in [5.74, 6) is 0.137. The van der Waals surface area contributed by atoms with Crippen molar-refractivity contribution < 1.29 is 9.18 Å². The third kappa shape index (κ3) is 3.12. The summed E-state index contributed by atoms with van der Waals surface area (Å²) in [4.78, 5) is 19.1. The van der Waals surface area contributed by atoms with Crippen molar-refractivity contribution in [3.05, 3.63) is 65.5 Å². The number of carbonyl (C=O) groups excluding carboxylic acids is 1. The molecular formula is C21H20FN3O. The van der Waals surface area contributed by atoms with Crippen LogP contribution in [0.4, 0.5) is 15.9 Å². The highest BCUT2D eigenvalue weighted by Crippen LogP contribution is 2.26. The summed E-state index contributed by atoms with van der Waals surface area (Å²) in [6.45, 7) is 3.80. The number of hydrogen-bond acceptors (Lipinski definition) is 3. The summed E-state index contributed by atoms with van der Waals surface area (Å²) >= 11 is 0. The summed E-state index contributed by atoms with van der Waals surface area (Å²) in [5, 5.41) is 3.46. The van der Waals surface area contributed by atoms with Crippen LogP contribution in [0.3, 0.4) is 0 Å². The standard InChI is InChI=1S/C21H20FN3O/c1-14-6-2-3-7-17(14)21(26)23-16-12-15-8-9-19(25-10-4-5-11-25)24-20(15)18(22)13-16/h2-3,6-9,12-13H,4-5,10-11H2,1H3,(H,23,26). The molecule has 0 atom stereocenters. The van der Waals surface area contributed by atoms with Crippen LogP contribution in [0.2, 0.25) is 0 Å². The lowest BCUT2D eigenvalue weighted by atomic mass is 10.1. The number of anilines is 2. The molecule has 1 fully saturated rings. The van der Waals surface area contributed by atoms with Gasteiger partial charge in [-0.05, 0) is 55.7 Å². The van der Waals surface area contributed by atoms with Crippen molar-refractivity contribution in [2.75, 3.05) is 23.3 Å². The molecule has 0 bridgehead atoms. The molecule has 1 amide bonds. The molecule has 3 aromatic rings. The molecule has 1 aromatic heterocycles. The van der Waals surface area contributed by atoms with Gasteiger partial charge in [0.2, 0.25) is 0 Å². The van der Waals surface area contributed by atoms with E-state index in [2.05, 4.69) is 15.2 Å². The summed E-state index contributed by atoms with van der Waals surface area (Å²) in [6.07, 6.45) is 2.29. The van der Waals surface area contributed by atoms with Crippen molar-refractivity contribution >= 4 is 28.3 Å². The molecule has 0 spiro atoms. The molecule has 4 nitrogen and oxygen atoms in total. The third-order valence-electron chi connectivity index (χ3n) is 4.81. The quantitative estimate of drug-likeness (QED) is 0.755. The summed E-state index contributed by atoms with van der Waals surface area (Å²) in [6, 6.07) is 14.2. The lowest BCUT2D eigenvalue weighted by molar-refractivity contribution is 0.102. The van der Waals surface area contributed by atoms with Crippen LogP contribution < -0.4 is 10.2 Å². The van der Waals surface area contributed by atoms with Crippen LogP contribution in [0.1, 0.15) is 28.8 Å². The number of carbonyl (C=O) groups is 1. The van der Waals surface area contributed by atoms with E-state index >= 15 is 0 Å². The summed E-state index contributed by atoms with van der Waals surface area (Å²) in [7, 11) is 0. The Balaban J connectivity index is 1.64. The number of amides is 1. The molecule has 1 aliphatic heterocycles. The number of pyridine rings is 1. The van der Waals surface area contributed by atoms with E-state index < -0.39 is 5.82 Å². The number of halogens is 1. The highest BCUT2D eigenvalue weighted by molar-refractivity contribution is 6.06. The number of benzene rings is 2. The van der Waals surface area contributed by atoms with Crippen LogP contribution in [-0.2, 0) is 0 Å². The van der Waals surface area contributed by atoms with Gasteiger partial charge in [-0.15, -0.1) is 0 Å². The first kappa shape index (κ1) is 16.5. The Morgan fingerprint density at radius 1 is 1.12 bits per heavy atom. The Labute approximate surface area is 151 Å². The molecular weight excluding hydrogens is 329 g/mol. The van der Waals surface area contributed by atoms with Crippen LogP contribution in [0, 0.1) is 12.7 Å². The Bertz CT molecular complexity index is 980. The first-order valence-electron chi connectivity index (χ1n) is 8.84. The average molecular weight is 349 g/mol. The number of aromatic nitrogens is 1. The van der Waals surface area contributed by atoms with Crippen molar-refractivity contribution in [3.8, 4) is 0 Å². The minimum Gasteiger partial charge on any atom is -0.357 e. The maximum absolute atomic E-state index is 14.6. The van der Waals surface area contributed by atoms with E-state index in [1.165, 1.54) is 6.07 Å². The lowest BCUT2D eigenvalue weighted by Gasteiger charge is -2.17. The molecule has 2 heterocycles. The molecule has 1 N–H and O–H groups in total. The van der Waals surface area contributed by atoms with Crippen molar-refractivity contribution in [2.24, 2.45) is 0 Å². The van der Waals surface area contributed by atoms with Gasteiger partial charge in [0.05, 0.1) is 0 Å². The van der Waals surface area contributed by atoms with Gasteiger partial charge < -0.3 is 10.2 Å².